The van der Waals surface area contributed by atoms with Crippen LogP contribution >= 0.6 is 0 Å². The fourth-order valence-corrected chi connectivity index (χ4v) is 2.24. The number of nitrogens with two attached hydrogens (primary N) is 1. The van der Waals surface area contributed by atoms with Crippen LogP contribution in [0.5, 0.6) is 11.5 Å². The summed E-state index contributed by atoms with van der Waals surface area (Å²) >= 11 is 0. The van der Waals surface area contributed by atoms with Crippen LogP contribution in [0, 0.1) is 5.82 Å². The largest absolute Gasteiger partial charge is 0.493 e. The van der Waals surface area contributed by atoms with E-state index in [1.54, 1.807) is 26.4 Å². The number of hydrogen-bond acceptors (Lipinski definition) is 2. The summed E-state index contributed by atoms with van der Waals surface area (Å²) in [5.41, 5.74) is 2.20. The van der Waals surface area contributed by atoms with Crippen LogP contribution in [0.2, 0.25) is 0 Å². The lowest BCUT2D eigenvalue weighted by molar-refractivity contribution is -0.670. The first-order chi connectivity index (χ1) is 10.2. The molecule has 0 bridgehead atoms. The topological polar surface area (TPSA) is 35.1 Å². The molecule has 0 amide bonds. The average Bonchev–Trinajstić information content (AvgIpc) is 2.51. The van der Waals surface area contributed by atoms with Crippen molar-refractivity contribution in [3.8, 4) is 11.5 Å². The smallest absolute Gasteiger partial charge is 0.160 e. The Kier molecular flexibility index (Phi) is 5.58. The van der Waals surface area contributed by atoms with E-state index in [1.807, 2.05) is 24.3 Å². The molecule has 0 saturated heterocycles. The first-order valence-electron chi connectivity index (χ1n) is 7.00. The predicted molar refractivity (Wildman–Crippen MR) is 80.1 cm³/mol. The summed E-state index contributed by atoms with van der Waals surface area (Å²) < 4.78 is 23.6. The molecule has 2 aromatic rings. The molecule has 0 spiro atoms. The maximum atomic E-state index is 13.1. The number of benzene rings is 2. The zero-order valence-electron chi connectivity index (χ0n) is 12.4. The minimum Gasteiger partial charge on any atom is -0.493 e. The third-order valence-electron chi connectivity index (χ3n) is 3.35. The zero-order valence-corrected chi connectivity index (χ0v) is 12.4. The van der Waals surface area contributed by atoms with E-state index >= 15 is 0 Å². The van der Waals surface area contributed by atoms with Crippen LogP contribution in [0.1, 0.15) is 11.1 Å². The maximum absolute atomic E-state index is 13.1. The van der Waals surface area contributed by atoms with Gasteiger partial charge in [-0.05, 0) is 29.8 Å². The zero-order chi connectivity index (χ0) is 15.1. The van der Waals surface area contributed by atoms with Crippen LogP contribution in [0.3, 0.4) is 0 Å². The van der Waals surface area contributed by atoms with E-state index < -0.39 is 0 Å². The van der Waals surface area contributed by atoms with Gasteiger partial charge >= 0.3 is 0 Å². The van der Waals surface area contributed by atoms with E-state index in [2.05, 4.69) is 5.32 Å². The predicted octanol–water partition coefficient (Wildman–Crippen LogP) is 2.15. The first-order valence-corrected chi connectivity index (χ1v) is 7.00. The van der Waals surface area contributed by atoms with Crippen molar-refractivity contribution < 1.29 is 19.2 Å². The van der Waals surface area contributed by atoms with Gasteiger partial charge in [0.1, 0.15) is 12.4 Å². The molecule has 0 aliphatic heterocycles. The highest BCUT2D eigenvalue weighted by molar-refractivity contribution is 5.42. The fraction of sp³-hybridized carbons (Fsp3) is 0.294. The Bertz CT molecular complexity index is 587. The highest BCUT2D eigenvalue weighted by atomic mass is 19.1. The van der Waals surface area contributed by atoms with Crippen LogP contribution < -0.4 is 14.8 Å². The standard InChI is InChI=1S/C17H20FNO2/c1-20-16-7-6-13(11-17(16)21-2)8-9-19-12-14-4-3-5-15(18)10-14/h3-7,10-11,19H,8-9,12H2,1-2H3/p+1. The summed E-state index contributed by atoms with van der Waals surface area (Å²) in [7, 11) is 3.27. The third-order valence-corrected chi connectivity index (χ3v) is 3.35. The summed E-state index contributed by atoms with van der Waals surface area (Å²) in [5, 5.41) is 2.17. The fourth-order valence-electron chi connectivity index (χ4n) is 2.24. The van der Waals surface area contributed by atoms with E-state index in [9.17, 15) is 4.39 Å². The van der Waals surface area contributed by atoms with Crippen molar-refractivity contribution in [2.75, 3.05) is 20.8 Å². The van der Waals surface area contributed by atoms with Gasteiger partial charge in [-0.3, -0.25) is 0 Å². The second-order valence-corrected chi connectivity index (χ2v) is 4.85. The first kappa shape index (κ1) is 15.3. The van der Waals surface area contributed by atoms with Crippen molar-refractivity contribution in [1.82, 2.24) is 0 Å². The van der Waals surface area contributed by atoms with Gasteiger partial charge in [0.2, 0.25) is 0 Å². The Morgan fingerprint density at radius 2 is 1.76 bits per heavy atom. The second-order valence-electron chi connectivity index (χ2n) is 4.85. The minimum atomic E-state index is -0.180. The molecule has 0 aromatic heterocycles. The number of halogens is 1. The van der Waals surface area contributed by atoms with Crippen molar-refractivity contribution >= 4 is 0 Å². The Morgan fingerprint density at radius 1 is 0.952 bits per heavy atom. The molecule has 4 heteroatoms. The van der Waals surface area contributed by atoms with Gasteiger partial charge in [-0.25, -0.2) is 4.39 Å². The highest BCUT2D eigenvalue weighted by Crippen LogP contribution is 2.27. The molecule has 2 rings (SSSR count). The van der Waals surface area contributed by atoms with E-state index in [0.717, 1.165) is 36.6 Å². The van der Waals surface area contributed by atoms with Gasteiger partial charge in [0.15, 0.2) is 11.5 Å². The van der Waals surface area contributed by atoms with Gasteiger partial charge in [-0.15, -0.1) is 0 Å². The Hall–Kier alpha value is -2.07. The summed E-state index contributed by atoms with van der Waals surface area (Å²) in [6.07, 6.45) is 0.926. The molecule has 0 atom stereocenters. The number of quaternary nitrogens is 1. The Balaban J connectivity index is 1.83. The van der Waals surface area contributed by atoms with Crippen LogP contribution in [0.15, 0.2) is 42.5 Å². The van der Waals surface area contributed by atoms with Crippen LogP contribution in [0.25, 0.3) is 0 Å². The van der Waals surface area contributed by atoms with Crippen LogP contribution in [-0.2, 0) is 13.0 Å². The quantitative estimate of drug-likeness (QED) is 0.793. The highest BCUT2D eigenvalue weighted by Gasteiger charge is 2.05. The number of hydrogen-bond donors (Lipinski definition) is 1. The van der Waals surface area contributed by atoms with Crippen LogP contribution in [0.4, 0.5) is 4.39 Å². The van der Waals surface area contributed by atoms with E-state index in [4.69, 9.17) is 9.47 Å². The molecule has 2 N–H and O–H groups in total. The lowest BCUT2D eigenvalue weighted by Gasteiger charge is -2.09. The van der Waals surface area contributed by atoms with Crippen molar-refractivity contribution in [3.05, 3.63) is 59.4 Å². The average molecular weight is 290 g/mol. The summed E-state index contributed by atoms with van der Waals surface area (Å²) in [6, 6.07) is 12.7. The summed E-state index contributed by atoms with van der Waals surface area (Å²) in [5.74, 6) is 1.31. The van der Waals surface area contributed by atoms with Gasteiger partial charge in [0.05, 0.1) is 20.8 Å². The van der Waals surface area contributed by atoms with Gasteiger partial charge in [-0.2, -0.15) is 0 Å². The summed E-state index contributed by atoms with van der Waals surface area (Å²) in [6.45, 7) is 1.72. The lowest BCUT2D eigenvalue weighted by atomic mass is 10.1. The van der Waals surface area contributed by atoms with E-state index in [-0.39, 0.29) is 5.82 Å². The Morgan fingerprint density at radius 3 is 2.48 bits per heavy atom. The van der Waals surface area contributed by atoms with Gasteiger partial charge in [0.25, 0.3) is 0 Å². The normalized spacial score (nSPS) is 10.4. The SMILES string of the molecule is COc1ccc(CC[NH2+]Cc2cccc(F)c2)cc1OC. The Labute approximate surface area is 124 Å². The van der Waals surface area contributed by atoms with E-state index in [1.165, 1.54) is 11.6 Å². The van der Waals surface area contributed by atoms with Crippen molar-refractivity contribution in [2.45, 2.75) is 13.0 Å². The molecule has 3 nitrogen and oxygen atoms in total. The molecular formula is C17H21FNO2+. The van der Waals surface area contributed by atoms with Gasteiger partial charge in [0, 0.05) is 12.0 Å². The molecule has 2 aromatic carbocycles. The molecule has 0 fully saturated rings. The summed E-state index contributed by atoms with van der Waals surface area (Å²) in [4.78, 5) is 0. The molecule has 0 heterocycles. The minimum absolute atomic E-state index is 0.180. The third kappa shape index (κ3) is 4.46. The molecule has 0 saturated carbocycles. The van der Waals surface area contributed by atoms with Gasteiger partial charge in [-0.1, -0.05) is 18.2 Å². The number of rotatable bonds is 7. The molecular weight excluding hydrogens is 269 g/mol. The molecule has 0 aliphatic carbocycles. The maximum Gasteiger partial charge on any atom is 0.160 e. The molecule has 21 heavy (non-hydrogen) atoms. The molecule has 0 aliphatic rings. The monoisotopic (exact) mass is 290 g/mol. The second kappa shape index (κ2) is 7.64. The van der Waals surface area contributed by atoms with Crippen LogP contribution in [-0.4, -0.2) is 20.8 Å². The van der Waals surface area contributed by atoms with E-state index in [0.29, 0.717) is 0 Å². The molecule has 112 valence electrons. The number of ether oxygens (including phenoxy) is 2. The van der Waals surface area contributed by atoms with Gasteiger partial charge < -0.3 is 14.8 Å². The molecule has 0 radical (unpaired) electrons. The lowest BCUT2D eigenvalue weighted by Crippen LogP contribution is -2.83. The molecule has 0 unspecified atom stereocenters. The van der Waals surface area contributed by atoms with Crippen molar-refractivity contribution in [3.63, 3.8) is 0 Å². The van der Waals surface area contributed by atoms with Crippen molar-refractivity contribution in [1.29, 1.82) is 0 Å². The van der Waals surface area contributed by atoms with Crippen molar-refractivity contribution in [2.24, 2.45) is 0 Å². The number of methoxy groups -OCH3 is 2.